The van der Waals surface area contributed by atoms with Crippen molar-refractivity contribution in [2.75, 3.05) is 32.8 Å². The van der Waals surface area contributed by atoms with Crippen molar-refractivity contribution >= 4 is 17.6 Å². The Balaban J connectivity index is 1.58. The molecule has 2 aliphatic heterocycles. The molecule has 2 aliphatic rings. The Morgan fingerprint density at radius 1 is 1.39 bits per heavy atom. The van der Waals surface area contributed by atoms with Crippen LogP contribution in [0, 0.1) is 0 Å². The Morgan fingerprint density at radius 3 is 3.13 bits per heavy atom. The monoisotopic (exact) mass is 337 g/mol. The van der Waals surface area contributed by atoms with E-state index in [0.29, 0.717) is 6.54 Å². The van der Waals surface area contributed by atoms with Crippen LogP contribution in [-0.2, 0) is 4.74 Å². The second-order valence-corrected chi connectivity index (χ2v) is 6.52. The van der Waals surface area contributed by atoms with Crippen LogP contribution in [0.4, 0.5) is 4.79 Å². The molecule has 0 saturated carbocycles. The molecule has 3 rings (SSSR count). The molecule has 126 valence electrons. The summed E-state index contributed by atoms with van der Waals surface area (Å²) < 4.78 is 5.73. The molecule has 2 N–H and O–H groups in total. The van der Waals surface area contributed by atoms with Crippen LogP contribution in [0.25, 0.3) is 0 Å². The minimum atomic E-state index is -0.0275. The van der Waals surface area contributed by atoms with Gasteiger partial charge in [0, 0.05) is 31.3 Å². The topological polar surface area (TPSA) is 53.6 Å². The summed E-state index contributed by atoms with van der Waals surface area (Å²) >= 11 is 6.30. The van der Waals surface area contributed by atoms with E-state index >= 15 is 0 Å². The van der Waals surface area contributed by atoms with Gasteiger partial charge in [-0.3, -0.25) is 0 Å². The highest BCUT2D eigenvalue weighted by Gasteiger charge is 2.31. The second-order valence-electron chi connectivity index (χ2n) is 6.11. The molecule has 0 aliphatic carbocycles. The third kappa shape index (κ3) is 4.16. The number of nitrogens with one attached hydrogen (secondary N) is 2. The van der Waals surface area contributed by atoms with E-state index in [0.717, 1.165) is 56.1 Å². The van der Waals surface area contributed by atoms with E-state index in [1.807, 2.05) is 29.2 Å². The summed E-state index contributed by atoms with van der Waals surface area (Å²) in [6.07, 6.45) is 3.03. The lowest BCUT2D eigenvalue weighted by Gasteiger charge is -2.27. The van der Waals surface area contributed by atoms with E-state index in [-0.39, 0.29) is 18.2 Å². The highest BCUT2D eigenvalue weighted by Crippen LogP contribution is 2.35. The minimum absolute atomic E-state index is 0.0275. The fourth-order valence-corrected chi connectivity index (χ4v) is 3.54. The van der Waals surface area contributed by atoms with E-state index in [1.165, 1.54) is 0 Å². The summed E-state index contributed by atoms with van der Waals surface area (Å²) in [6.45, 7) is 3.82. The second kappa shape index (κ2) is 7.99. The van der Waals surface area contributed by atoms with Gasteiger partial charge in [-0.2, -0.15) is 0 Å². The van der Waals surface area contributed by atoms with Gasteiger partial charge in [-0.05, 0) is 37.4 Å². The van der Waals surface area contributed by atoms with Crippen LogP contribution in [0.5, 0.6) is 0 Å². The van der Waals surface area contributed by atoms with Gasteiger partial charge >= 0.3 is 6.03 Å². The van der Waals surface area contributed by atoms with Gasteiger partial charge in [-0.15, -0.1) is 0 Å². The van der Waals surface area contributed by atoms with Crippen molar-refractivity contribution < 1.29 is 9.53 Å². The summed E-state index contributed by atoms with van der Waals surface area (Å²) in [4.78, 5) is 14.5. The Kier molecular flexibility index (Phi) is 5.75. The third-order valence-corrected chi connectivity index (χ3v) is 4.83. The molecule has 1 aromatic rings. The lowest BCUT2D eigenvalue weighted by Crippen LogP contribution is -2.44. The number of hydrogen-bond donors (Lipinski definition) is 2. The zero-order valence-electron chi connectivity index (χ0n) is 13.3. The molecular formula is C17H24ClN3O2. The summed E-state index contributed by atoms with van der Waals surface area (Å²) in [7, 11) is 0. The van der Waals surface area contributed by atoms with E-state index in [2.05, 4.69) is 10.6 Å². The number of carbonyl (C=O) groups is 1. The average Bonchev–Trinajstić information content (AvgIpc) is 2.89. The first-order chi connectivity index (χ1) is 11.3. The zero-order valence-corrected chi connectivity index (χ0v) is 14.0. The van der Waals surface area contributed by atoms with Gasteiger partial charge in [-0.25, -0.2) is 4.79 Å². The fraction of sp³-hybridized carbons (Fsp3) is 0.588. The molecule has 2 atom stereocenters. The van der Waals surface area contributed by atoms with E-state index in [1.54, 1.807) is 0 Å². The molecule has 2 heterocycles. The number of amides is 2. The first-order valence-corrected chi connectivity index (χ1v) is 8.74. The SMILES string of the molecule is O=C(NCC1CNCCCO1)N1CCCC1c1ccccc1Cl. The molecule has 6 heteroatoms. The van der Waals surface area contributed by atoms with Gasteiger partial charge in [0.05, 0.1) is 12.1 Å². The molecule has 2 saturated heterocycles. The molecule has 5 nitrogen and oxygen atoms in total. The van der Waals surface area contributed by atoms with Crippen molar-refractivity contribution in [2.24, 2.45) is 0 Å². The number of nitrogens with zero attached hydrogens (tertiary/aromatic N) is 1. The lowest BCUT2D eigenvalue weighted by atomic mass is 10.0. The van der Waals surface area contributed by atoms with Gasteiger partial charge in [0.2, 0.25) is 0 Å². The van der Waals surface area contributed by atoms with Crippen molar-refractivity contribution in [1.29, 1.82) is 0 Å². The van der Waals surface area contributed by atoms with Crippen molar-refractivity contribution in [3.05, 3.63) is 34.9 Å². The third-order valence-electron chi connectivity index (χ3n) is 4.48. The van der Waals surface area contributed by atoms with Crippen LogP contribution < -0.4 is 10.6 Å². The Bertz CT molecular complexity index is 532. The maximum absolute atomic E-state index is 12.6. The van der Waals surface area contributed by atoms with Crippen LogP contribution in [0.1, 0.15) is 30.9 Å². The zero-order chi connectivity index (χ0) is 16.1. The van der Waals surface area contributed by atoms with Gasteiger partial charge in [0.15, 0.2) is 0 Å². The van der Waals surface area contributed by atoms with E-state index in [9.17, 15) is 4.79 Å². The highest BCUT2D eigenvalue weighted by atomic mass is 35.5. The molecule has 0 radical (unpaired) electrons. The first-order valence-electron chi connectivity index (χ1n) is 8.37. The molecule has 2 fully saturated rings. The summed E-state index contributed by atoms with van der Waals surface area (Å²) in [5, 5.41) is 7.08. The van der Waals surface area contributed by atoms with Gasteiger partial charge in [0.25, 0.3) is 0 Å². The summed E-state index contributed by atoms with van der Waals surface area (Å²) in [5.41, 5.74) is 1.04. The minimum Gasteiger partial charge on any atom is -0.375 e. The van der Waals surface area contributed by atoms with E-state index < -0.39 is 0 Å². The molecule has 2 unspecified atom stereocenters. The Hall–Kier alpha value is -1.30. The number of rotatable bonds is 3. The number of carbonyl (C=O) groups excluding carboxylic acids is 1. The number of ether oxygens (including phenoxy) is 1. The predicted octanol–water partition coefficient (Wildman–Crippen LogP) is 2.57. The van der Waals surface area contributed by atoms with E-state index in [4.69, 9.17) is 16.3 Å². The van der Waals surface area contributed by atoms with Crippen LogP contribution in [0.15, 0.2) is 24.3 Å². The number of hydrogen-bond acceptors (Lipinski definition) is 3. The maximum atomic E-state index is 12.6. The molecule has 2 amide bonds. The van der Waals surface area contributed by atoms with Crippen molar-refractivity contribution in [3.8, 4) is 0 Å². The Labute approximate surface area is 142 Å². The maximum Gasteiger partial charge on any atom is 0.318 e. The van der Waals surface area contributed by atoms with Gasteiger partial charge < -0.3 is 20.3 Å². The summed E-state index contributed by atoms with van der Waals surface area (Å²) in [6, 6.07) is 7.83. The molecule has 0 spiro atoms. The van der Waals surface area contributed by atoms with Crippen LogP contribution >= 0.6 is 11.6 Å². The Morgan fingerprint density at radius 2 is 2.26 bits per heavy atom. The number of halogens is 1. The smallest absolute Gasteiger partial charge is 0.318 e. The quantitative estimate of drug-likeness (QED) is 0.891. The van der Waals surface area contributed by atoms with Crippen molar-refractivity contribution in [1.82, 2.24) is 15.5 Å². The fourth-order valence-electron chi connectivity index (χ4n) is 3.28. The molecule has 1 aromatic carbocycles. The van der Waals surface area contributed by atoms with Crippen LogP contribution in [0.2, 0.25) is 5.02 Å². The highest BCUT2D eigenvalue weighted by molar-refractivity contribution is 6.31. The van der Waals surface area contributed by atoms with Crippen LogP contribution in [0.3, 0.4) is 0 Å². The normalized spacial score (nSPS) is 25.2. The largest absolute Gasteiger partial charge is 0.375 e. The number of benzene rings is 1. The molecule has 0 bridgehead atoms. The molecule has 23 heavy (non-hydrogen) atoms. The molecule has 0 aromatic heterocycles. The van der Waals surface area contributed by atoms with Crippen molar-refractivity contribution in [2.45, 2.75) is 31.4 Å². The lowest BCUT2D eigenvalue weighted by molar-refractivity contribution is 0.0670. The van der Waals surface area contributed by atoms with Gasteiger partial charge in [-0.1, -0.05) is 29.8 Å². The summed E-state index contributed by atoms with van der Waals surface area (Å²) in [5.74, 6) is 0. The average molecular weight is 338 g/mol. The van der Waals surface area contributed by atoms with Crippen LogP contribution in [-0.4, -0.2) is 49.8 Å². The van der Waals surface area contributed by atoms with Gasteiger partial charge in [0.1, 0.15) is 0 Å². The predicted molar refractivity (Wildman–Crippen MR) is 90.8 cm³/mol. The number of urea groups is 1. The van der Waals surface area contributed by atoms with Crippen molar-refractivity contribution in [3.63, 3.8) is 0 Å². The number of likely N-dealkylation sites (tertiary alicyclic amines) is 1. The standard InChI is InChI=1S/C17H24ClN3O2/c18-15-6-2-1-5-14(15)16-7-3-9-21(16)17(22)20-12-13-11-19-8-4-10-23-13/h1-2,5-6,13,16,19H,3-4,7-12H2,(H,20,22). The molecular weight excluding hydrogens is 314 g/mol. The first kappa shape index (κ1) is 16.6.